The zero-order valence-corrected chi connectivity index (χ0v) is 12.0. The Bertz CT molecular complexity index is 645. The van der Waals surface area contributed by atoms with Crippen LogP contribution >= 0.6 is 0 Å². The van der Waals surface area contributed by atoms with Gasteiger partial charge in [-0.3, -0.25) is 9.78 Å². The Hall–Kier alpha value is -2.50. The molecule has 0 aromatic carbocycles. The van der Waals surface area contributed by atoms with E-state index in [4.69, 9.17) is 0 Å². The number of carbonyl (C=O) groups excluding carboxylic acids is 1. The highest BCUT2D eigenvalue weighted by molar-refractivity contribution is 5.95. The molecule has 0 bridgehead atoms. The number of pyridine rings is 2. The van der Waals surface area contributed by atoms with Gasteiger partial charge in [0, 0.05) is 31.7 Å². The molecule has 5 nitrogen and oxygen atoms in total. The van der Waals surface area contributed by atoms with E-state index in [1.165, 1.54) is 12.3 Å². The first-order valence-electron chi connectivity index (χ1n) is 6.69. The van der Waals surface area contributed by atoms with Crippen LogP contribution in [-0.4, -0.2) is 22.4 Å². The molecule has 0 unspecified atom stereocenters. The summed E-state index contributed by atoms with van der Waals surface area (Å²) in [6.07, 6.45) is 4.79. The molecule has 1 amide bonds. The lowest BCUT2D eigenvalue weighted by atomic mass is 10.1. The van der Waals surface area contributed by atoms with Crippen LogP contribution in [0.5, 0.6) is 0 Å². The minimum Gasteiger partial charge on any atom is -0.368 e. The second kappa shape index (κ2) is 6.78. The molecular formula is C15H17FN4O. The van der Waals surface area contributed by atoms with E-state index in [1.54, 1.807) is 12.4 Å². The standard InChI is InChI=1S/C15H17FN4O/c1-3-18-14-13(16)12(5-7-19-14)15(21)20-9-11-4-6-17-8-10(11)2/h4-8H,3,9H2,1-2H3,(H,18,19)(H,20,21). The number of aromatic nitrogens is 2. The van der Waals surface area contributed by atoms with E-state index in [1.807, 2.05) is 19.9 Å². The molecule has 6 heteroatoms. The lowest BCUT2D eigenvalue weighted by Gasteiger charge is -2.10. The highest BCUT2D eigenvalue weighted by Crippen LogP contribution is 2.15. The number of carbonyl (C=O) groups is 1. The van der Waals surface area contributed by atoms with Crippen LogP contribution in [0.2, 0.25) is 0 Å². The summed E-state index contributed by atoms with van der Waals surface area (Å²) in [6, 6.07) is 3.19. The minimum atomic E-state index is -0.636. The van der Waals surface area contributed by atoms with Crippen LogP contribution in [0.4, 0.5) is 10.2 Å². The number of aryl methyl sites for hydroxylation is 1. The maximum atomic E-state index is 14.1. The third-order valence-corrected chi connectivity index (χ3v) is 3.05. The van der Waals surface area contributed by atoms with E-state index in [0.29, 0.717) is 13.1 Å². The van der Waals surface area contributed by atoms with Crippen molar-refractivity contribution >= 4 is 11.7 Å². The van der Waals surface area contributed by atoms with E-state index < -0.39 is 11.7 Å². The Labute approximate surface area is 122 Å². The van der Waals surface area contributed by atoms with Gasteiger partial charge >= 0.3 is 0 Å². The van der Waals surface area contributed by atoms with Gasteiger partial charge < -0.3 is 10.6 Å². The molecule has 2 aromatic rings. The lowest BCUT2D eigenvalue weighted by molar-refractivity contribution is 0.0946. The fourth-order valence-corrected chi connectivity index (χ4v) is 1.88. The molecule has 2 N–H and O–H groups in total. The van der Waals surface area contributed by atoms with E-state index in [-0.39, 0.29) is 11.4 Å². The van der Waals surface area contributed by atoms with Gasteiger partial charge in [-0.15, -0.1) is 0 Å². The molecule has 0 aliphatic heterocycles. The summed E-state index contributed by atoms with van der Waals surface area (Å²) in [4.78, 5) is 19.9. The van der Waals surface area contributed by atoms with Crippen LogP contribution in [0, 0.1) is 12.7 Å². The topological polar surface area (TPSA) is 66.9 Å². The average molecular weight is 288 g/mol. The number of amides is 1. The third-order valence-electron chi connectivity index (χ3n) is 3.05. The number of anilines is 1. The molecule has 0 saturated carbocycles. The lowest BCUT2D eigenvalue weighted by Crippen LogP contribution is -2.24. The van der Waals surface area contributed by atoms with Gasteiger partial charge in [0.15, 0.2) is 11.6 Å². The first-order valence-corrected chi connectivity index (χ1v) is 6.69. The zero-order valence-electron chi connectivity index (χ0n) is 12.0. The van der Waals surface area contributed by atoms with Crippen molar-refractivity contribution in [2.45, 2.75) is 20.4 Å². The molecule has 21 heavy (non-hydrogen) atoms. The van der Waals surface area contributed by atoms with Gasteiger partial charge in [0.05, 0.1) is 5.56 Å². The summed E-state index contributed by atoms with van der Waals surface area (Å²) in [5.41, 5.74) is 1.90. The van der Waals surface area contributed by atoms with Gasteiger partial charge in [0.1, 0.15) is 0 Å². The fraction of sp³-hybridized carbons (Fsp3) is 0.267. The first kappa shape index (κ1) is 14.9. The first-order chi connectivity index (χ1) is 10.1. The summed E-state index contributed by atoms with van der Waals surface area (Å²) in [5.74, 6) is -1.01. The summed E-state index contributed by atoms with van der Waals surface area (Å²) < 4.78 is 14.1. The predicted molar refractivity (Wildman–Crippen MR) is 78.5 cm³/mol. The van der Waals surface area contributed by atoms with Gasteiger partial charge in [-0.1, -0.05) is 0 Å². The summed E-state index contributed by atoms with van der Waals surface area (Å²) in [6.45, 7) is 4.60. The Kier molecular flexibility index (Phi) is 4.81. The molecule has 2 aromatic heterocycles. The second-order valence-electron chi connectivity index (χ2n) is 4.54. The van der Waals surface area contributed by atoms with E-state index in [9.17, 15) is 9.18 Å². The molecule has 2 rings (SSSR count). The molecule has 2 heterocycles. The summed E-state index contributed by atoms with van der Waals surface area (Å²) in [7, 11) is 0. The molecule has 0 spiro atoms. The van der Waals surface area contributed by atoms with Crippen LogP contribution in [0.25, 0.3) is 0 Å². The van der Waals surface area contributed by atoms with Crippen molar-refractivity contribution in [1.29, 1.82) is 0 Å². The van der Waals surface area contributed by atoms with Gasteiger partial charge in [0.25, 0.3) is 5.91 Å². The molecule has 110 valence electrons. The highest BCUT2D eigenvalue weighted by atomic mass is 19.1. The Morgan fingerprint density at radius 2 is 2.14 bits per heavy atom. The largest absolute Gasteiger partial charge is 0.368 e. The van der Waals surface area contributed by atoms with E-state index in [2.05, 4.69) is 20.6 Å². The highest BCUT2D eigenvalue weighted by Gasteiger charge is 2.15. The number of hydrogen-bond acceptors (Lipinski definition) is 4. The fourth-order valence-electron chi connectivity index (χ4n) is 1.88. The second-order valence-corrected chi connectivity index (χ2v) is 4.54. The minimum absolute atomic E-state index is 0.0207. The molecule has 0 fully saturated rings. The molecule has 0 saturated heterocycles. The van der Waals surface area contributed by atoms with Gasteiger partial charge in [-0.25, -0.2) is 9.37 Å². The van der Waals surface area contributed by atoms with Crippen molar-refractivity contribution in [3.8, 4) is 0 Å². The van der Waals surface area contributed by atoms with Crippen LogP contribution in [0.1, 0.15) is 28.4 Å². The normalized spacial score (nSPS) is 10.2. The molecule has 0 aliphatic carbocycles. The van der Waals surface area contributed by atoms with Crippen LogP contribution < -0.4 is 10.6 Å². The zero-order chi connectivity index (χ0) is 15.2. The number of nitrogens with zero attached hydrogens (tertiary/aromatic N) is 2. The summed E-state index contributed by atoms with van der Waals surface area (Å²) in [5, 5.41) is 5.48. The van der Waals surface area contributed by atoms with Crippen molar-refractivity contribution in [3.05, 3.63) is 53.2 Å². The SMILES string of the molecule is CCNc1nccc(C(=O)NCc2ccncc2C)c1F. The van der Waals surface area contributed by atoms with Crippen molar-refractivity contribution in [1.82, 2.24) is 15.3 Å². The van der Waals surface area contributed by atoms with Crippen molar-refractivity contribution < 1.29 is 9.18 Å². The molecule has 0 aliphatic rings. The molecular weight excluding hydrogens is 271 g/mol. The smallest absolute Gasteiger partial charge is 0.254 e. The van der Waals surface area contributed by atoms with E-state index >= 15 is 0 Å². The predicted octanol–water partition coefficient (Wildman–Crippen LogP) is 2.29. The Balaban J connectivity index is 2.11. The van der Waals surface area contributed by atoms with Crippen LogP contribution in [-0.2, 0) is 6.54 Å². The Morgan fingerprint density at radius 1 is 1.33 bits per heavy atom. The molecule has 0 radical (unpaired) electrons. The average Bonchev–Trinajstić information content (AvgIpc) is 2.48. The monoisotopic (exact) mass is 288 g/mol. The number of nitrogens with one attached hydrogen (secondary N) is 2. The van der Waals surface area contributed by atoms with Gasteiger partial charge in [-0.05, 0) is 37.1 Å². The number of rotatable bonds is 5. The quantitative estimate of drug-likeness (QED) is 0.886. The summed E-state index contributed by atoms with van der Waals surface area (Å²) >= 11 is 0. The Morgan fingerprint density at radius 3 is 2.86 bits per heavy atom. The number of halogens is 1. The van der Waals surface area contributed by atoms with Crippen LogP contribution in [0.3, 0.4) is 0 Å². The molecule has 0 atom stereocenters. The number of hydrogen-bond donors (Lipinski definition) is 2. The van der Waals surface area contributed by atoms with Crippen molar-refractivity contribution in [3.63, 3.8) is 0 Å². The van der Waals surface area contributed by atoms with Crippen molar-refractivity contribution in [2.75, 3.05) is 11.9 Å². The van der Waals surface area contributed by atoms with Gasteiger partial charge in [0.2, 0.25) is 0 Å². The maximum absolute atomic E-state index is 14.1. The van der Waals surface area contributed by atoms with Gasteiger partial charge in [-0.2, -0.15) is 0 Å². The van der Waals surface area contributed by atoms with Crippen LogP contribution in [0.15, 0.2) is 30.7 Å². The van der Waals surface area contributed by atoms with E-state index in [0.717, 1.165) is 11.1 Å². The van der Waals surface area contributed by atoms with Crippen molar-refractivity contribution in [2.24, 2.45) is 0 Å². The third kappa shape index (κ3) is 3.53. The maximum Gasteiger partial charge on any atom is 0.254 e.